The Labute approximate surface area is 204 Å². The fourth-order valence-electron chi connectivity index (χ4n) is 5.60. The molecule has 5 atom stereocenters. The Morgan fingerprint density at radius 2 is 1.76 bits per heavy atom. The summed E-state index contributed by atoms with van der Waals surface area (Å²) < 4.78 is -1.06. The predicted molar refractivity (Wildman–Crippen MR) is 126 cm³/mol. The molecule has 0 spiro atoms. The molecule has 0 radical (unpaired) electrons. The Bertz CT molecular complexity index is 969. The third-order valence-corrected chi connectivity index (χ3v) is 8.69. The lowest BCUT2D eigenvalue weighted by atomic mass is 9.89. The van der Waals surface area contributed by atoms with Crippen molar-refractivity contribution < 1.29 is 19.2 Å². The van der Waals surface area contributed by atoms with Crippen LogP contribution in [0.3, 0.4) is 0 Å². The lowest BCUT2D eigenvalue weighted by molar-refractivity contribution is -0.144. The van der Waals surface area contributed by atoms with Gasteiger partial charge in [-0.15, -0.1) is 23.2 Å². The molecule has 1 saturated carbocycles. The zero-order chi connectivity index (χ0) is 24.1. The normalized spacial score (nSPS) is 26.8. The summed E-state index contributed by atoms with van der Waals surface area (Å²) in [6.07, 6.45) is 2.64. The molecule has 2 fully saturated rings. The Balaban J connectivity index is 1.50. The van der Waals surface area contributed by atoms with E-state index in [1.54, 1.807) is 4.90 Å². The van der Waals surface area contributed by atoms with Gasteiger partial charge in [-0.1, -0.05) is 44.5 Å². The van der Waals surface area contributed by atoms with Crippen LogP contribution in [0.4, 0.5) is 0 Å². The van der Waals surface area contributed by atoms with Crippen molar-refractivity contribution in [2.24, 2.45) is 23.7 Å². The standard InChI is InChI=1S/C25H30Cl2N2O4/c1-4-7-19(22(31)14(3)30)28-23(32)21-20-18(25(20,26)27)12-29(21)24(33)13(2)17-10-15-8-5-6-9-16(15)11-17/h5-6,8-9,13,17-21H,4,7,10-12H2,1-3H3,(H,28,32)/t13-,18-,19?,20-,21-/m0/s1. The van der Waals surface area contributed by atoms with E-state index in [0.29, 0.717) is 19.4 Å². The minimum absolute atomic E-state index is 0.0887. The molecule has 1 heterocycles. The van der Waals surface area contributed by atoms with Crippen molar-refractivity contribution in [1.82, 2.24) is 10.2 Å². The van der Waals surface area contributed by atoms with Crippen LogP contribution in [0, 0.1) is 23.7 Å². The van der Waals surface area contributed by atoms with Crippen molar-refractivity contribution in [2.45, 2.75) is 62.9 Å². The average molecular weight is 493 g/mol. The molecular formula is C25H30Cl2N2O4. The van der Waals surface area contributed by atoms with Crippen molar-refractivity contribution in [3.63, 3.8) is 0 Å². The van der Waals surface area contributed by atoms with Gasteiger partial charge in [-0.2, -0.15) is 0 Å². The molecule has 2 aliphatic carbocycles. The zero-order valence-electron chi connectivity index (χ0n) is 19.1. The summed E-state index contributed by atoms with van der Waals surface area (Å²) in [5, 5.41) is 2.72. The molecule has 1 aromatic rings. The van der Waals surface area contributed by atoms with Crippen LogP contribution in [-0.4, -0.2) is 51.2 Å². The highest BCUT2D eigenvalue weighted by Gasteiger charge is 2.74. The molecular weight excluding hydrogens is 463 g/mol. The number of hydrogen-bond donors (Lipinski definition) is 1. The first-order chi connectivity index (χ1) is 15.6. The Morgan fingerprint density at radius 3 is 2.30 bits per heavy atom. The van der Waals surface area contributed by atoms with Crippen LogP contribution in [0.1, 0.15) is 44.7 Å². The lowest BCUT2D eigenvalue weighted by Crippen LogP contribution is -2.55. The third kappa shape index (κ3) is 4.32. The van der Waals surface area contributed by atoms with Gasteiger partial charge in [0.25, 0.3) is 0 Å². The number of carbonyl (C=O) groups excluding carboxylic acids is 4. The number of nitrogens with zero attached hydrogens (tertiary/aromatic N) is 1. The van der Waals surface area contributed by atoms with Crippen LogP contribution in [-0.2, 0) is 32.0 Å². The van der Waals surface area contributed by atoms with Gasteiger partial charge in [0.2, 0.25) is 17.6 Å². The fraction of sp³-hybridized carbons (Fsp3) is 0.600. The molecule has 0 bridgehead atoms. The number of ketones is 2. The van der Waals surface area contributed by atoms with Crippen molar-refractivity contribution in [3.8, 4) is 0 Å². The van der Waals surface area contributed by atoms with Gasteiger partial charge in [-0.3, -0.25) is 19.2 Å². The van der Waals surface area contributed by atoms with Gasteiger partial charge < -0.3 is 10.2 Å². The highest BCUT2D eigenvalue weighted by molar-refractivity contribution is 6.51. The Hall–Kier alpha value is -1.92. The SMILES string of the molecule is CCCC(NC(=O)[C@@H]1[C@@H]2[C@H](CN1C(=O)[C@@H](C)C1Cc3ccccc3C1)C2(Cl)Cl)C(=O)C(C)=O. The topological polar surface area (TPSA) is 83.6 Å². The fourth-order valence-corrected chi connectivity index (χ4v) is 6.43. The number of fused-ring (bicyclic) bond motifs is 2. The maximum atomic E-state index is 13.6. The number of likely N-dealkylation sites (tertiary alicyclic amines) is 1. The number of benzene rings is 1. The molecule has 3 aliphatic rings. The number of nitrogens with one attached hydrogen (secondary N) is 1. The average Bonchev–Trinajstić information content (AvgIpc) is 3.17. The van der Waals surface area contributed by atoms with E-state index >= 15 is 0 Å². The summed E-state index contributed by atoms with van der Waals surface area (Å²) in [4.78, 5) is 52.4. The second-order valence-electron chi connectivity index (χ2n) is 9.74. The van der Waals surface area contributed by atoms with E-state index in [2.05, 4.69) is 17.4 Å². The number of hydrogen-bond acceptors (Lipinski definition) is 4. The Morgan fingerprint density at radius 1 is 1.15 bits per heavy atom. The summed E-state index contributed by atoms with van der Waals surface area (Å²) in [6, 6.07) is 6.47. The molecule has 4 rings (SSSR count). The monoisotopic (exact) mass is 492 g/mol. The number of rotatable bonds is 8. The quantitative estimate of drug-likeness (QED) is 0.446. The third-order valence-electron chi connectivity index (χ3n) is 7.62. The van der Waals surface area contributed by atoms with Gasteiger partial charge in [0.15, 0.2) is 5.78 Å². The highest BCUT2D eigenvalue weighted by atomic mass is 35.5. The summed E-state index contributed by atoms with van der Waals surface area (Å²) >= 11 is 12.8. The molecule has 2 amide bonds. The predicted octanol–water partition coefficient (Wildman–Crippen LogP) is 3.11. The first kappa shape index (κ1) is 24.2. The summed E-state index contributed by atoms with van der Waals surface area (Å²) in [5.41, 5.74) is 2.54. The maximum Gasteiger partial charge on any atom is 0.243 e. The van der Waals surface area contributed by atoms with Gasteiger partial charge in [-0.25, -0.2) is 0 Å². The van der Waals surface area contributed by atoms with E-state index in [1.807, 2.05) is 26.0 Å². The molecule has 0 aromatic heterocycles. The summed E-state index contributed by atoms with van der Waals surface area (Å²) in [6.45, 7) is 5.31. The molecule has 178 valence electrons. The van der Waals surface area contributed by atoms with Crippen LogP contribution >= 0.6 is 23.2 Å². The molecule has 8 heteroatoms. The molecule has 6 nitrogen and oxygen atoms in total. The lowest BCUT2D eigenvalue weighted by Gasteiger charge is -2.33. The summed E-state index contributed by atoms with van der Waals surface area (Å²) in [5.74, 6) is -2.45. The van der Waals surface area contributed by atoms with Crippen LogP contribution in [0.2, 0.25) is 0 Å². The molecule has 33 heavy (non-hydrogen) atoms. The van der Waals surface area contributed by atoms with Gasteiger partial charge in [0, 0.05) is 31.2 Å². The second kappa shape index (κ2) is 9.03. The van der Waals surface area contributed by atoms with Crippen LogP contribution in [0.15, 0.2) is 24.3 Å². The van der Waals surface area contributed by atoms with Crippen molar-refractivity contribution in [3.05, 3.63) is 35.4 Å². The second-order valence-corrected chi connectivity index (χ2v) is 11.2. The van der Waals surface area contributed by atoms with Gasteiger partial charge in [-0.05, 0) is 36.3 Å². The first-order valence-electron chi connectivity index (χ1n) is 11.7. The van der Waals surface area contributed by atoms with Gasteiger partial charge in [0.1, 0.15) is 10.4 Å². The van der Waals surface area contributed by atoms with Crippen molar-refractivity contribution >= 4 is 46.6 Å². The van der Waals surface area contributed by atoms with E-state index < -0.39 is 33.9 Å². The minimum Gasteiger partial charge on any atom is -0.344 e. The van der Waals surface area contributed by atoms with Crippen molar-refractivity contribution in [2.75, 3.05) is 6.54 Å². The van der Waals surface area contributed by atoms with Gasteiger partial charge >= 0.3 is 0 Å². The van der Waals surface area contributed by atoms with Crippen LogP contribution < -0.4 is 5.32 Å². The number of halogens is 2. The largest absolute Gasteiger partial charge is 0.344 e. The number of Topliss-reactive ketones (excluding diaryl/α,β-unsaturated/α-hetero) is 2. The number of amides is 2. The van der Waals surface area contributed by atoms with Crippen LogP contribution in [0.5, 0.6) is 0 Å². The van der Waals surface area contributed by atoms with Crippen LogP contribution in [0.25, 0.3) is 0 Å². The summed E-state index contributed by atoms with van der Waals surface area (Å²) in [7, 11) is 0. The molecule has 1 aromatic carbocycles. The molecule has 1 unspecified atom stereocenters. The minimum atomic E-state index is -1.06. The van der Waals surface area contributed by atoms with E-state index in [9.17, 15) is 19.2 Å². The first-order valence-corrected chi connectivity index (χ1v) is 12.4. The van der Waals surface area contributed by atoms with E-state index in [-0.39, 0.29) is 29.6 Å². The van der Waals surface area contributed by atoms with Crippen molar-refractivity contribution in [1.29, 1.82) is 0 Å². The number of carbonyl (C=O) groups is 4. The zero-order valence-corrected chi connectivity index (χ0v) is 20.7. The highest BCUT2D eigenvalue weighted by Crippen LogP contribution is 2.65. The Kier molecular flexibility index (Phi) is 6.62. The number of alkyl halides is 2. The smallest absolute Gasteiger partial charge is 0.243 e. The van der Waals surface area contributed by atoms with Gasteiger partial charge in [0.05, 0.1) is 6.04 Å². The molecule has 1 N–H and O–H groups in total. The van der Waals surface area contributed by atoms with E-state index in [4.69, 9.17) is 23.2 Å². The van der Waals surface area contributed by atoms with E-state index in [1.165, 1.54) is 18.1 Å². The van der Waals surface area contributed by atoms with E-state index in [0.717, 1.165) is 12.8 Å². The molecule has 1 saturated heterocycles. The maximum absolute atomic E-state index is 13.6. The number of piperidine rings is 1. The molecule has 1 aliphatic heterocycles.